The fourth-order valence-corrected chi connectivity index (χ4v) is 7.71. The largest absolute Gasteiger partial charge is 0.309 e. The number of H-pyrrole nitrogens is 1. The Balaban J connectivity index is 1.55. The molecule has 2 aromatic heterocycles. The van der Waals surface area contributed by atoms with E-state index < -0.39 is 10.0 Å². The van der Waals surface area contributed by atoms with Crippen LogP contribution < -0.4 is 5.56 Å². The highest BCUT2D eigenvalue weighted by molar-refractivity contribution is 7.89. The number of thiophene rings is 1. The number of nitrogens with zero attached hydrogens (tertiary/aromatic N) is 2. The first-order chi connectivity index (χ1) is 14.5. The molecule has 158 valence electrons. The Hall–Kier alpha value is -2.03. The van der Waals surface area contributed by atoms with Crippen LogP contribution in [0.1, 0.15) is 54.8 Å². The third-order valence-corrected chi connectivity index (χ3v) is 9.36. The molecule has 0 amide bonds. The summed E-state index contributed by atoms with van der Waals surface area (Å²) in [5, 5.41) is 0.705. The van der Waals surface area contributed by atoms with Crippen LogP contribution in [0.25, 0.3) is 10.2 Å². The summed E-state index contributed by atoms with van der Waals surface area (Å²) in [5.41, 5.74) is 1.00. The van der Waals surface area contributed by atoms with Crippen molar-refractivity contribution in [1.29, 1.82) is 0 Å². The fraction of sp³-hybridized carbons (Fsp3) is 0.455. The zero-order valence-electron chi connectivity index (χ0n) is 16.8. The molecule has 8 heteroatoms. The summed E-state index contributed by atoms with van der Waals surface area (Å²) in [6.45, 7) is 0.0929. The number of rotatable bonds is 5. The van der Waals surface area contributed by atoms with Crippen LogP contribution in [-0.4, -0.2) is 28.7 Å². The first kappa shape index (κ1) is 19.9. The number of aryl methyl sites for hydroxylation is 2. The maximum Gasteiger partial charge on any atom is 0.259 e. The molecule has 3 aromatic rings. The van der Waals surface area contributed by atoms with Gasteiger partial charge in [-0.05, 0) is 56.2 Å². The van der Waals surface area contributed by atoms with Crippen molar-refractivity contribution in [2.75, 3.05) is 0 Å². The molecule has 0 atom stereocenters. The lowest BCUT2D eigenvalue weighted by Gasteiger charge is -2.27. The van der Waals surface area contributed by atoms with Gasteiger partial charge in [-0.1, -0.05) is 31.0 Å². The van der Waals surface area contributed by atoms with E-state index in [2.05, 4.69) is 4.98 Å². The summed E-state index contributed by atoms with van der Waals surface area (Å²) in [4.78, 5) is 22.8. The van der Waals surface area contributed by atoms with Crippen LogP contribution in [0.15, 0.2) is 40.0 Å². The van der Waals surface area contributed by atoms with Gasteiger partial charge in [0.1, 0.15) is 10.7 Å². The number of fused-ring (bicyclic) bond motifs is 3. The normalized spacial score (nSPS) is 17.6. The number of nitrogens with one attached hydrogen (secondary N) is 1. The molecule has 1 fully saturated rings. The van der Waals surface area contributed by atoms with Crippen molar-refractivity contribution in [2.24, 2.45) is 0 Å². The monoisotopic (exact) mass is 443 g/mol. The second-order valence-corrected chi connectivity index (χ2v) is 11.2. The van der Waals surface area contributed by atoms with Crippen molar-refractivity contribution in [3.8, 4) is 0 Å². The Morgan fingerprint density at radius 3 is 2.57 bits per heavy atom. The SMILES string of the molecule is O=c1[nH]c(CN(C2CCCC2)S(=O)(=O)c2ccccc2)nc2sc3c(c12)CCCC3. The number of benzene rings is 1. The highest BCUT2D eigenvalue weighted by Gasteiger charge is 2.34. The third-order valence-electron chi connectivity index (χ3n) is 6.26. The quantitative estimate of drug-likeness (QED) is 0.646. The predicted octanol–water partition coefficient (Wildman–Crippen LogP) is 4.00. The van der Waals surface area contributed by atoms with Gasteiger partial charge in [0.2, 0.25) is 10.0 Å². The fourth-order valence-electron chi connectivity index (χ4n) is 4.76. The summed E-state index contributed by atoms with van der Waals surface area (Å²) in [7, 11) is -3.68. The zero-order valence-corrected chi connectivity index (χ0v) is 18.4. The summed E-state index contributed by atoms with van der Waals surface area (Å²) in [6, 6.07) is 8.48. The van der Waals surface area contributed by atoms with Gasteiger partial charge in [-0.3, -0.25) is 4.79 Å². The van der Waals surface area contributed by atoms with E-state index in [9.17, 15) is 13.2 Å². The smallest absolute Gasteiger partial charge is 0.259 e. The van der Waals surface area contributed by atoms with Crippen molar-refractivity contribution in [2.45, 2.75) is 68.8 Å². The minimum Gasteiger partial charge on any atom is -0.309 e. The molecule has 1 N–H and O–H groups in total. The highest BCUT2D eigenvalue weighted by Crippen LogP contribution is 2.34. The number of sulfonamides is 1. The topological polar surface area (TPSA) is 83.1 Å². The Morgan fingerprint density at radius 2 is 1.80 bits per heavy atom. The molecule has 1 aromatic carbocycles. The molecule has 0 unspecified atom stereocenters. The van der Waals surface area contributed by atoms with E-state index in [1.165, 1.54) is 4.88 Å². The number of aromatic amines is 1. The van der Waals surface area contributed by atoms with Crippen molar-refractivity contribution in [3.63, 3.8) is 0 Å². The van der Waals surface area contributed by atoms with E-state index in [0.29, 0.717) is 11.2 Å². The van der Waals surface area contributed by atoms with E-state index >= 15 is 0 Å². The van der Waals surface area contributed by atoms with Gasteiger partial charge in [-0.2, -0.15) is 4.31 Å². The molecule has 0 saturated heterocycles. The molecule has 2 heterocycles. The second kappa shape index (κ2) is 7.90. The van der Waals surface area contributed by atoms with Gasteiger partial charge in [-0.25, -0.2) is 13.4 Å². The minimum absolute atomic E-state index is 0.0623. The summed E-state index contributed by atoms with van der Waals surface area (Å²) < 4.78 is 28.4. The Kier molecular flexibility index (Phi) is 5.24. The lowest BCUT2D eigenvalue weighted by molar-refractivity contribution is 0.310. The van der Waals surface area contributed by atoms with Crippen LogP contribution in [0.5, 0.6) is 0 Å². The first-order valence-electron chi connectivity index (χ1n) is 10.6. The molecule has 2 aliphatic carbocycles. The molecule has 0 spiro atoms. The van der Waals surface area contributed by atoms with Gasteiger partial charge in [0.25, 0.3) is 5.56 Å². The number of aromatic nitrogens is 2. The van der Waals surface area contributed by atoms with Gasteiger partial charge in [0, 0.05) is 10.9 Å². The molecular weight excluding hydrogens is 418 g/mol. The van der Waals surface area contributed by atoms with Crippen LogP contribution in [0, 0.1) is 0 Å². The zero-order chi connectivity index (χ0) is 20.7. The van der Waals surface area contributed by atoms with Crippen molar-refractivity contribution >= 4 is 31.6 Å². The van der Waals surface area contributed by atoms with Crippen LogP contribution >= 0.6 is 11.3 Å². The van der Waals surface area contributed by atoms with Crippen molar-refractivity contribution in [1.82, 2.24) is 14.3 Å². The predicted molar refractivity (Wildman–Crippen MR) is 118 cm³/mol. The van der Waals surface area contributed by atoms with Crippen LogP contribution in [0.4, 0.5) is 0 Å². The third kappa shape index (κ3) is 3.50. The minimum atomic E-state index is -3.68. The molecular formula is C22H25N3O3S2. The maximum absolute atomic E-state index is 13.4. The van der Waals surface area contributed by atoms with Crippen molar-refractivity contribution < 1.29 is 8.42 Å². The molecule has 5 rings (SSSR count). The average molecular weight is 444 g/mol. The molecule has 0 radical (unpaired) electrons. The number of hydrogen-bond donors (Lipinski definition) is 1. The van der Waals surface area contributed by atoms with E-state index in [4.69, 9.17) is 4.98 Å². The number of hydrogen-bond acceptors (Lipinski definition) is 5. The molecule has 6 nitrogen and oxygen atoms in total. The standard InChI is InChI=1S/C22H25N3O3S2/c26-21-20-17-12-6-7-13-18(17)29-22(20)24-19(23-21)14-25(15-8-4-5-9-15)30(27,28)16-10-2-1-3-11-16/h1-3,10-11,15H,4-9,12-14H2,(H,23,24,26). The van der Waals surface area contributed by atoms with Crippen LogP contribution in [-0.2, 0) is 29.4 Å². The van der Waals surface area contributed by atoms with E-state index in [1.54, 1.807) is 39.9 Å². The van der Waals surface area contributed by atoms with Gasteiger partial charge in [0.05, 0.1) is 16.8 Å². The molecule has 2 aliphatic rings. The molecule has 0 aliphatic heterocycles. The Morgan fingerprint density at radius 1 is 1.07 bits per heavy atom. The average Bonchev–Trinajstić information content (AvgIpc) is 3.40. The first-order valence-corrected chi connectivity index (χ1v) is 12.9. The van der Waals surface area contributed by atoms with Gasteiger partial charge < -0.3 is 4.98 Å². The van der Waals surface area contributed by atoms with Crippen LogP contribution in [0.3, 0.4) is 0 Å². The van der Waals surface area contributed by atoms with Crippen LogP contribution in [0.2, 0.25) is 0 Å². The lowest BCUT2D eigenvalue weighted by Crippen LogP contribution is -2.39. The van der Waals surface area contributed by atoms with Gasteiger partial charge >= 0.3 is 0 Å². The Bertz CT molecular complexity index is 1230. The molecule has 0 bridgehead atoms. The van der Waals surface area contributed by atoms with Gasteiger partial charge in [0.15, 0.2) is 0 Å². The summed E-state index contributed by atoms with van der Waals surface area (Å²) in [5.74, 6) is 0.428. The summed E-state index contributed by atoms with van der Waals surface area (Å²) >= 11 is 1.59. The summed E-state index contributed by atoms with van der Waals surface area (Å²) in [6.07, 6.45) is 7.90. The van der Waals surface area contributed by atoms with Gasteiger partial charge in [-0.15, -0.1) is 11.3 Å². The van der Waals surface area contributed by atoms with E-state index in [-0.39, 0.29) is 23.0 Å². The molecule has 1 saturated carbocycles. The van der Waals surface area contributed by atoms with Crippen molar-refractivity contribution in [3.05, 3.63) is 57.0 Å². The Labute approximate surface area is 180 Å². The van der Waals surface area contributed by atoms with E-state index in [1.807, 2.05) is 6.07 Å². The van der Waals surface area contributed by atoms with E-state index in [0.717, 1.165) is 61.8 Å². The second-order valence-electron chi connectivity index (χ2n) is 8.21. The molecule has 30 heavy (non-hydrogen) atoms. The maximum atomic E-state index is 13.4. The lowest BCUT2D eigenvalue weighted by atomic mass is 9.97. The highest BCUT2D eigenvalue weighted by atomic mass is 32.2.